The fourth-order valence-electron chi connectivity index (χ4n) is 1.05. The summed E-state index contributed by atoms with van der Waals surface area (Å²) in [5.74, 6) is -2.05. The molecule has 0 rings (SSSR count). The van der Waals surface area contributed by atoms with Gasteiger partial charge in [-0.3, -0.25) is 4.79 Å². The van der Waals surface area contributed by atoms with Crippen molar-refractivity contribution in [1.82, 2.24) is 10.2 Å². The van der Waals surface area contributed by atoms with Crippen LogP contribution in [0.1, 0.15) is 20.8 Å². The zero-order chi connectivity index (χ0) is 15.2. The predicted molar refractivity (Wildman–Crippen MR) is 65.5 cm³/mol. The molecule has 0 spiro atoms. The molecule has 0 saturated carbocycles. The van der Waals surface area contributed by atoms with Crippen LogP contribution in [0, 0.1) is 0 Å². The summed E-state index contributed by atoms with van der Waals surface area (Å²) in [4.78, 5) is 34.6. The van der Waals surface area contributed by atoms with Gasteiger partial charge in [0.05, 0.1) is 6.61 Å². The van der Waals surface area contributed by atoms with E-state index in [0.717, 1.165) is 4.90 Å². The number of aliphatic hydroxyl groups excluding tert-OH is 1. The molecule has 2 amide bonds. The quantitative estimate of drug-likeness (QED) is 0.618. The number of carboxylic acid groups (broad SMARTS) is 1. The van der Waals surface area contributed by atoms with Gasteiger partial charge in [-0.25, -0.2) is 9.59 Å². The van der Waals surface area contributed by atoms with E-state index in [0.29, 0.717) is 0 Å². The minimum Gasteiger partial charge on any atom is -0.480 e. The number of nitrogens with zero attached hydrogens (tertiary/aromatic N) is 1. The number of likely N-dealkylation sites (N-methyl/N-ethyl adjacent to an activating group) is 1. The van der Waals surface area contributed by atoms with Crippen LogP contribution in [-0.2, 0) is 14.3 Å². The van der Waals surface area contributed by atoms with Gasteiger partial charge in [0.2, 0.25) is 5.91 Å². The van der Waals surface area contributed by atoms with Gasteiger partial charge in [0.15, 0.2) is 0 Å². The molecule has 0 aromatic rings. The number of carbonyl (C=O) groups is 3. The molecule has 0 aliphatic heterocycles. The topological polar surface area (TPSA) is 116 Å². The number of hydrogen-bond acceptors (Lipinski definition) is 5. The predicted octanol–water partition coefficient (Wildman–Crippen LogP) is -0.585. The third-order valence-electron chi connectivity index (χ3n) is 1.90. The number of aliphatic carboxylic acids is 1. The summed E-state index contributed by atoms with van der Waals surface area (Å²) in [7, 11) is 1.35. The minimum absolute atomic E-state index is 0.362. The van der Waals surface area contributed by atoms with Crippen LogP contribution >= 0.6 is 0 Å². The Hall–Kier alpha value is -1.83. The van der Waals surface area contributed by atoms with Crippen LogP contribution in [-0.4, -0.2) is 64.9 Å². The summed E-state index contributed by atoms with van der Waals surface area (Å²) in [5, 5.41) is 19.5. The van der Waals surface area contributed by atoms with Gasteiger partial charge in [-0.05, 0) is 20.8 Å². The number of carboxylic acids is 1. The van der Waals surface area contributed by atoms with E-state index in [1.165, 1.54) is 7.05 Å². The fourth-order valence-corrected chi connectivity index (χ4v) is 1.05. The van der Waals surface area contributed by atoms with Crippen LogP contribution in [0.25, 0.3) is 0 Å². The second kappa shape index (κ2) is 6.93. The standard InChI is InChI=1S/C11H20N2O6/c1-11(2,3)19-10(18)13(4)5-8(15)12-7(6-14)9(16)17/h7,14H,5-6H2,1-4H3,(H,12,15)(H,16,17)/t7-/m1/s1. The maximum atomic E-state index is 11.5. The van der Waals surface area contributed by atoms with Crippen molar-refractivity contribution < 1.29 is 29.3 Å². The van der Waals surface area contributed by atoms with Crippen LogP contribution in [0.2, 0.25) is 0 Å². The number of hydrogen-bond donors (Lipinski definition) is 3. The smallest absolute Gasteiger partial charge is 0.410 e. The first kappa shape index (κ1) is 17.2. The van der Waals surface area contributed by atoms with Crippen LogP contribution in [0.5, 0.6) is 0 Å². The number of amides is 2. The Balaban J connectivity index is 4.33. The van der Waals surface area contributed by atoms with Gasteiger partial charge in [-0.2, -0.15) is 0 Å². The third-order valence-corrected chi connectivity index (χ3v) is 1.90. The molecule has 0 aromatic heterocycles. The molecule has 0 radical (unpaired) electrons. The van der Waals surface area contributed by atoms with Gasteiger partial charge in [-0.15, -0.1) is 0 Å². The average Bonchev–Trinajstić information content (AvgIpc) is 2.22. The summed E-state index contributed by atoms with van der Waals surface area (Å²) in [6, 6.07) is -1.39. The summed E-state index contributed by atoms with van der Waals surface area (Å²) >= 11 is 0. The number of ether oxygens (including phenoxy) is 1. The molecule has 0 unspecified atom stereocenters. The van der Waals surface area contributed by atoms with Crippen molar-refractivity contribution in [2.24, 2.45) is 0 Å². The van der Waals surface area contributed by atoms with E-state index in [2.05, 4.69) is 5.32 Å². The maximum Gasteiger partial charge on any atom is 0.410 e. The van der Waals surface area contributed by atoms with Gasteiger partial charge >= 0.3 is 12.1 Å². The van der Waals surface area contributed by atoms with Gasteiger partial charge in [0, 0.05) is 7.05 Å². The maximum absolute atomic E-state index is 11.5. The molecule has 0 aliphatic rings. The average molecular weight is 276 g/mol. The van der Waals surface area contributed by atoms with Gasteiger partial charge in [-0.1, -0.05) is 0 Å². The molecule has 0 fully saturated rings. The lowest BCUT2D eigenvalue weighted by Gasteiger charge is -2.24. The molecule has 8 heteroatoms. The van der Waals surface area contributed by atoms with E-state index >= 15 is 0 Å². The van der Waals surface area contributed by atoms with E-state index in [1.54, 1.807) is 20.8 Å². The largest absolute Gasteiger partial charge is 0.480 e. The Kier molecular flexibility index (Phi) is 6.26. The highest BCUT2D eigenvalue weighted by Gasteiger charge is 2.23. The minimum atomic E-state index is -1.39. The Morgan fingerprint density at radius 2 is 1.84 bits per heavy atom. The third kappa shape index (κ3) is 7.24. The van der Waals surface area contributed by atoms with Crippen molar-refractivity contribution >= 4 is 18.0 Å². The normalized spacial score (nSPS) is 12.5. The van der Waals surface area contributed by atoms with Crippen LogP contribution in [0.3, 0.4) is 0 Å². The van der Waals surface area contributed by atoms with Crippen molar-refractivity contribution in [3.05, 3.63) is 0 Å². The van der Waals surface area contributed by atoms with Crippen molar-refractivity contribution in [3.8, 4) is 0 Å². The van der Waals surface area contributed by atoms with E-state index < -0.39 is 36.2 Å². The second-order valence-electron chi connectivity index (χ2n) is 4.98. The molecule has 0 aromatic carbocycles. The summed E-state index contributed by atoms with van der Waals surface area (Å²) in [6.07, 6.45) is -0.696. The van der Waals surface area contributed by atoms with Crippen LogP contribution < -0.4 is 5.32 Å². The molecular formula is C11H20N2O6. The lowest BCUT2D eigenvalue weighted by atomic mass is 10.2. The highest BCUT2D eigenvalue weighted by Crippen LogP contribution is 2.08. The molecule has 0 aliphatic carbocycles. The van der Waals surface area contributed by atoms with E-state index in [9.17, 15) is 14.4 Å². The summed E-state index contributed by atoms with van der Waals surface area (Å²) in [5.41, 5.74) is -0.684. The fraction of sp³-hybridized carbons (Fsp3) is 0.727. The zero-order valence-corrected chi connectivity index (χ0v) is 11.5. The number of carbonyl (C=O) groups excluding carboxylic acids is 2. The highest BCUT2D eigenvalue weighted by atomic mass is 16.6. The number of aliphatic hydroxyl groups is 1. The van der Waals surface area contributed by atoms with Crippen molar-refractivity contribution in [3.63, 3.8) is 0 Å². The van der Waals surface area contributed by atoms with E-state index in [-0.39, 0.29) is 6.54 Å². The number of nitrogens with one attached hydrogen (secondary N) is 1. The van der Waals surface area contributed by atoms with Gasteiger partial charge in [0.1, 0.15) is 18.2 Å². The molecule has 0 saturated heterocycles. The lowest BCUT2D eigenvalue weighted by molar-refractivity contribution is -0.143. The molecule has 3 N–H and O–H groups in total. The zero-order valence-electron chi connectivity index (χ0n) is 11.5. The van der Waals surface area contributed by atoms with Crippen molar-refractivity contribution in [1.29, 1.82) is 0 Å². The van der Waals surface area contributed by atoms with Crippen LogP contribution in [0.4, 0.5) is 4.79 Å². The molecule has 8 nitrogen and oxygen atoms in total. The van der Waals surface area contributed by atoms with Gasteiger partial charge in [0.25, 0.3) is 0 Å². The first-order chi connectivity index (χ1) is 8.56. The highest BCUT2D eigenvalue weighted by molar-refractivity contribution is 5.86. The SMILES string of the molecule is CN(CC(=O)N[C@H](CO)C(=O)O)C(=O)OC(C)(C)C. The first-order valence-corrected chi connectivity index (χ1v) is 5.64. The summed E-state index contributed by atoms with van der Waals surface area (Å²) < 4.78 is 5.02. The molecule has 1 atom stereocenters. The monoisotopic (exact) mass is 276 g/mol. The first-order valence-electron chi connectivity index (χ1n) is 5.64. The van der Waals surface area contributed by atoms with E-state index in [1.807, 2.05) is 0 Å². The Bertz CT molecular complexity index is 350. The van der Waals surface area contributed by atoms with Crippen molar-refractivity contribution in [2.45, 2.75) is 32.4 Å². The molecule has 19 heavy (non-hydrogen) atoms. The summed E-state index contributed by atoms with van der Waals surface area (Å²) in [6.45, 7) is 3.97. The Morgan fingerprint density at radius 3 is 2.21 bits per heavy atom. The van der Waals surface area contributed by atoms with E-state index in [4.69, 9.17) is 14.9 Å². The lowest BCUT2D eigenvalue weighted by Crippen LogP contribution is -2.48. The second-order valence-corrected chi connectivity index (χ2v) is 4.98. The van der Waals surface area contributed by atoms with Gasteiger partial charge < -0.3 is 25.2 Å². The molecule has 0 bridgehead atoms. The number of rotatable bonds is 5. The molecule has 0 heterocycles. The molecular weight excluding hydrogens is 256 g/mol. The Morgan fingerprint density at radius 1 is 1.32 bits per heavy atom. The Labute approximate surface area is 111 Å². The van der Waals surface area contributed by atoms with Crippen molar-refractivity contribution in [2.75, 3.05) is 20.2 Å². The van der Waals surface area contributed by atoms with Crippen LogP contribution in [0.15, 0.2) is 0 Å². The molecule has 110 valence electrons.